The lowest BCUT2D eigenvalue weighted by molar-refractivity contribution is 0.605. The van der Waals surface area contributed by atoms with Crippen molar-refractivity contribution in [1.82, 2.24) is 9.55 Å². The molecule has 17 heavy (non-hydrogen) atoms. The zero-order chi connectivity index (χ0) is 12.3. The van der Waals surface area contributed by atoms with Gasteiger partial charge < -0.3 is 10.3 Å². The first-order chi connectivity index (χ1) is 8.22. The summed E-state index contributed by atoms with van der Waals surface area (Å²) in [6.45, 7) is 5.02. The van der Waals surface area contributed by atoms with Crippen LogP contribution in [0.4, 0.5) is 0 Å². The summed E-state index contributed by atoms with van der Waals surface area (Å²) in [6.07, 6.45) is 4.73. The van der Waals surface area contributed by atoms with Crippen molar-refractivity contribution in [2.75, 3.05) is 6.54 Å². The van der Waals surface area contributed by atoms with Crippen LogP contribution in [0.25, 0.3) is 11.3 Å². The zero-order valence-corrected chi connectivity index (χ0v) is 10.4. The third kappa shape index (κ3) is 2.56. The SMILES string of the molecule is CC(C)n1cncc1-c1ccc(CCN)cc1. The lowest BCUT2D eigenvalue weighted by Crippen LogP contribution is -2.03. The first-order valence-corrected chi connectivity index (χ1v) is 6.03. The average Bonchev–Trinajstić information content (AvgIpc) is 2.79. The van der Waals surface area contributed by atoms with Gasteiger partial charge in [0.2, 0.25) is 0 Å². The van der Waals surface area contributed by atoms with Gasteiger partial charge >= 0.3 is 0 Å². The van der Waals surface area contributed by atoms with Gasteiger partial charge in [-0.2, -0.15) is 0 Å². The fraction of sp³-hybridized carbons (Fsp3) is 0.357. The van der Waals surface area contributed by atoms with Crippen molar-refractivity contribution < 1.29 is 0 Å². The predicted molar refractivity (Wildman–Crippen MR) is 70.8 cm³/mol. The predicted octanol–water partition coefficient (Wildman–Crippen LogP) is 2.63. The van der Waals surface area contributed by atoms with Crippen molar-refractivity contribution in [1.29, 1.82) is 0 Å². The second kappa shape index (κ2) is 5.15. The van der Waals surface area contributed by atoms with Gasteiger partial charge in [0.05, 0.1) is 18.2 Å². The van der Waals surface area contributed by atoms with Crippen LogP contribution >= 0.6 is 0 Å². The Morgan fingerprint density at radius 2 is 1.94 bits per heavy atom. The molecule has 2 N–H and O–H groups in total. The molecule has 0 aliphatic heterocycles. The third-order valence-corrected chi connectivity index (χ3v) is 2.91. The molecule has 0 amide bonds. The Morgan fingerprint density at radius 1 is 1.24 bits per heavy atom. The van der Waals surface area contributed by atoms with E-state index in [1.807, 2.05) is 12.5 Å². The summed E-state index contributed by atoms with van der Waals surface area (Å²) < 4.78 is 2.18. The summed E-state index contributed by atoms with van der Waals surface area (Å²) in [5.74, 6) is 0. The summed E-state index contributed by atoms with van der Waals surface area (Å²) in [5, 5.41) is 0. The molecule has 0 fully saturated rings. The van der Waals surface area contributed by atoms with Gasteiger partial charge in [0.1, 0.15) is 0 Å². The van der Waals surface area contributed by atoms with Gasteiger partial charge in [-0.15, -0.1) is 0 Å². The van der Waals surface area contributed by atoms with Gasteiger partial charge in [0, 0.05) is 6.04 Å². The molecule has 0 saturated heterocycles. The van der Waals surface area contributed by atoms with Crippen molar-refractivity contribution in [3.05, 3.63) is 42.4 Å². The highest BCUT2D eigenvalue weighted by Crippen LogP contribution is 2.22. The number of nitrogens with two attached hydrogens (primary N) is 1. The highest BCUT2D eigenvalue weighted by molar-refractivity contribution is 5.59. The van der Waals surface area contributed by atoms with Crippen molar-refractivity contribution in [2.24, 2.45) is 5.73 Å². The largest absolute Gasteiger partial charge is 0.330 e. The highest BCUT2D eigenvalue weighted by atomic mass is 15.1. The molecule has 3 heteroatoms. The van der Waals surface area contributed by atoms with Gasteiger partial charge in [0.25, 0.3) is 0 Å². The second-order valence-corrected chi connectivity index (χ2v) is 4.52. The number of rotatable bonds is 4. The van der Waals surface area contributed by atoms with Crippen LogP contribution in [0.15, 0.2) is 36.8 Å². The zero-order valence-electron chi connectivity index (χ0n) is 10.4. The molecule has 1 aromatic carbocycles. The fourth-order valence-corrected chi connectivity index (χ4v) is 1.95. The van der Waals surface area contributed by atoms with Crippen LogP contribution in [0.3, 0.4) is 0 Å². The van der Waals surface area contributed by atoms with E-state index >= 15 is 0 Å². The van der Waals surface area contributed by atoms with Crippen LogP contribution < -0.4 is 5.73 Å². The molecule has 0 saturated carbocycles. The molecule has 1 aromatic heterocycles. The van der Waals surface area contributed by atoms with Gasteiger partial charge in [-0.05, 0) is 37.9 Å². The van der Waals surface area contributed by atoms with Gasteiger partial charge in [-0.3, -0.25) is 0 Å². The summed E-state index contributed by atoms with van der Waals surface area (Å²) >= 11 is 0. The molecule has 3 nitrogen and oxygen atoms in total. The van der Waals surface area contributed by atoms with Crippen LogP contribution in [-0.4, -0.2) is 16.1 Å². The molecule has 0 spiro atoms. The van der Waals surface area contributed by atoms with Gasteiger partial charge in [-0.1, -0.05) is 24.3 Å². The molecule has 0 unspecified atom stereocenters. The number of hydrogen-bond acceptors (Lipinski definition) is 2. The van der Waals surface area contributed by atoms with E-state index in [0.29, 0.717) is 12.6 Å². The Morgan fingerprint density at radius 3 is 2.53 bits per heavy atom. The summed E-state index contributed by atoms with van der Waals surface area (Å²) in [6, 6.07) is 8.98. The summed E-state index contributed by atoms with van der Waals surface area (Å²) in [5.41, 5.74) is 9.20. The molecule has 90 valence electrons. The maximum Gasteiger partial charge on any atom is 0.0953 e. The van der Waals surface area contributed by atoms with E-state index in [1.165, 1.54) is 16.8 Å². The van der Waals surface area contributed by atoms with Crippen molar-refractivity contribution in [3.8, 4) is 11.3 Å². The molecular formula is C14H19N3. The lowest BCUT2D eigenvalue weighted by Gasteiger charge is -2.12. The van der Waals surface area contributed by atoms with E-state index in [9.17, 15) is 0 Å². The molecule has 0 aliphatic rings. The van der Waals surface area contributed by atoms with Crippen LogP contribution in [0, 0.1) is 0 Å². The van der Waals surface area contributed by atoms with E-state index in [2.05, 4.69) is 47.7 Å². The van der Waals surface area contributed by atoms with Crippen molar-refractivity contribution in [3.63, 3.8) is 0 Å². The van der Waals surface area contributed by atoms with Crippen LogP contribution in [0.5, 0.6) is 0 Å². The third-order valence-electron chi connectivity index (χ3n) is 2.91. The van der Waals surface area contributed by atoms with E-state index in [0.717, 1.165) is 6.42 Å². The maximum absolute atomic E-state index is 5.54. The molecule has 1 heterocycles. The van der Waals surface area contributed by atoms with E-state index in [-0.39, 0.29) is 0 Å². The number of nitrogens with zero attached hydrogens (tertiary/aromatic N) is 2. The summed E-state index contributed by atoms with van der Waals surface area (Å²) in [7, 11) is 0. The lowest BCUT2D eigenvalue weighted by atomic mass is 10.1. The molecule has 0 radical (unpaired) electrons. The monoisotopic (exact) mass is 229 g/mol. The number of imidazole rings is 1. The van der Waals surface area contributed by atoms with E-state index < -0.39 is 0 Å². The average molecular weight is 229 g/mol. The standard InChI is InChI=1S/C14H19N3/c1-11(2)17-10-16-9-14(17)13-5-3-12(4-6-13)7-8-15/h3-6,9-11H,7-8,15H2,1-2H3. The minimum atomic E-state index is 0.427. The topological polar surface area (TPSA) is 43.8 Å². The number of aromatic nitrogens is 2. The Balaban J connectivity index is 2.30. The van der Waals surface area contributed by atoms with E-state index in [1.54, 1.807) is 0 Å². The number of benzene rings is 1. The number of hydrogen-bond donors (Lipinski definition) is 1. The van der Waals surface area contributed by atoms with Gasteiger partial charge in [0.15, 0.2) is 0 Å². The normalized spacial score (nSPS) is 11.1. The molecule has 0 aliphatic carbocycles. The minimum absolute atomic E-state index is 0.427. The van der Waals surface area contributed by atoms with Crippen LogP contribution in [0.1, 0.15) is 25.5 Å². The Hall–Kier alpha value is -1.61. The fourth-order valence-electron chi connectivity index (χ4n) is 1.95. The molecule has 2 rings (SSSR count). The minimum Gasteiger partial charge on any atom is -0.330 e. The van der Waals surface area contributed by atoms with Gasteiger partial charge in [-0.25, -0.2) is 4.98 Å². The Bertz CT molecular complexity index is 468. The quantitative estimate of drug-likeness (QED) is 0.875. The smallest absolute Gasteiger partial charge is 0.0953 e. The molecule has 0 atom stereocenters. The first kappa shape index (κ1) is 11.9. The van der Waals surface area contributed by atoms with E-state index in [4.69, 9.17) is 5.73 Å². The molecular weight excluding hydrogens is 210 g/mol. The van der Waals surface area contributed by atoms with Crippen LogP contribution in [0.2, 0.25) is 0 Å². The molecule has 2 aromatic rings. The second-order valence-electron chi connectivity index (χ2n) is 4.52. The first-order valence-electron chi connectivity index (χ1n) is 6.03. The Kier molecular flexibility index (Phi) is 3.59. The van der Waals surface area contributed by atoms with Crippen molar-refractivity contribution >= 4 is 0 Å². The maximum atomic E-state index is 5.54. The van der Waals surface area contributed by atoms with Crippen LogP contribution in [-0.2, 0) is 6.42 Å². The van der Waals surface area contributed by atoms with Crippen molar-refractivity contribution in [2.45, 2.75) is 26.3 Å². The molecule has 0 bridgehead atoms. The highest BCUT2D eigenvalue weighted by Gasteiger charge is 2.07. The summed E-state index contributed by atoms with van der Waals surface area (Å²) in [4.78, 5) is 4.22. The Labute approximate surface area is 102 Å².